The molecule has 0 aliphatic heterocycles. The molecule has 0 radical (unpaired) electrons. The van der Waals surface area contributed by atoms with Gasteiger partial charge in [-0.1, -0.05) is 11.6 Å². The number of carbonyl (C=O) groups is 1. The zero-order valence-corrected chi connectivity index (χ0v) is 21.5. The molecule has 1 fully saturated rings. The molecule has 1 aliphatic rings. The average Bonchev–Trinajstić information content (AvgIpc) is 3.48. The lowest BCUT2D eigenvalue weighted by molar-refractivity contribution is -0.207. The molecule has 3 aromatic heterocycles. The first-order chi connectivity index (χ1) is 19.3. The zero-order valence-electron chi connectivity index (χ0n) is 20.8. The average molecular weight is 599 g/mol. The summed E-state index contributed by atoms with van der Waals surface area (Å²) in [6.45, 7) is -1.47. The second kappa shape index (κ2) is 10.7. The highest BCUT2D eigenvalue weighted by atomic mass is 35.5. The van der Waals surface area contributed by atoms with Gasteiger partial charge in [-0.25, -0.2) is 32.9 Å². The van der Waals surface area contributed by atoms with Crippen molar-refractivity contribution in [3.63, 3.8) is 0 Å². The first kappa shape index (κ1) is 28.4. The summed E-state index contributed by atoms with van der Waals surface area (Å²) in [6.07, 6.45) is -6.29. The van der Waals surface area contributed by atoms with Crippen LogP contribution in [0.2, 0.25) is 5.02 Å². The van der Waals surface area contributed by atoms with Crippen LogP contribution in [0.3, 0.4) is 0 Å². The Morgan fingerprint density at radius 1 is 1.15 bits per heavy atom. The molecule has 0 unspecified atom stereocenters. The van der Waals surface area contributed by atoms with E-state index in [-0.39, 0.29) is 35.3 Å². The molecule has 0 bridgehead atoms. The SMILES string of the molecule is O=C(Nc1cccnc1-n1cnc(Cn2nc(-c3ccc(Cl)cc3)n(C[C@H](O)C(F)(F)F)c2=O)n1)C1CC(F)(F)C1. The summed E-state index contributed by atoms with van der Waals surface area (Å²) >= 11 is 5.90. The lowest BCUT2D eigenvalue weighted by Crippen LogP contribution is -2.42. The van der Waals surface area contributed by atoms with Gasteiger partial charge >= 0.3 is 11.9 Å². The summed E-state index contributed by atoms with van der Waals surface area (Å²) in [5.74, 6) is -4.35. The highest BCUT2D eigenvalue weighted by Gasteiger charge is 2.48. The Bertz CT molecular complexity index is 1630. The Labute approximate surface area is 232 Å². The quantitative estimate of drug-likeness (QED) is 0.297. The molecule has 1 saturated carbocycles. The number of aliphatic hydroxyl groups is 1. The van der Waals surface area contributed by atoms with Crippen LogP contribution in [0.1, 0.15) is 18.7 Å². The number of hydrogen-bond donors (Lipinski definition) is 2. The number of anilines is 1. The molecule has 1 amide bonds. The number of halogens is 6. The number of alkyl halides is 5. The standard InChI is InChI=1S/C24H20ClF5N8O3/c25-15-5-3-13(4-6-15)19-35-37(22(41)36(19)10-17(39)24(28,29)30)11-18-32-12-38(34-18)20-16(2-1-7-31-20)33-21(40)14-8-23(26,27)9-14/h1-7,12,14,17,39H,8-11H2,(H,33,40)/t17-/m0/s1. The molecule has 1 aromatic carbocycles. The molecule has 1 atom stereocenters. The van der Waals surface area contributed by atoms with E-state index in [1.54, 1.807) is 0 Å². The van der Waals surface area contributed by atoms with Crippen LogP contribution < -0.4 is 11.0 Å². The monoisotopic (exact) mass is 598 g/mol. The summed E-state index contributed by atoms with van der Waals surface area (Å²) in [6, 6.07) is 8.86. The van der Waals surface area contributed by atoms with Crippen molar-refractivity contribution in [1.82, 2.24) is 34.1 Å². The molecule has 41 heavy (non-hydrogen) atoms. The van der Waals surface area contributed by atoms with E-state index in [0.717, 1.165) is 4.68 Å². The van der Waals surface area contributed by atoms with Gasteiger partial charge in [0.25, 0.3) is 0 Å². The fourth-order valence-electron chi connectivity index (χ4n) is 4.16. The fourth-order valence-corrected chi connectivity index (χ4v) is 4.29. The van der Waals surface area contributed by atoms with Gasteiger partial charge in [-0.15, -0.1) is 10.2 Å². The number of hydrogen-bond acceptors (Lipinski definition) is 7. The van der Waals surface area contributed by atoms with E-state index < -0.39 is 55.1 Å². The van der Waals surface area contributed by atoms with Gasteiger partial charge in [0.15, 0.2) is 23.6 Å². The third-order valence-corrected chi connectivity index (χ3v) is 6.56. The predicted octanol–water partition coefficient (Wildman–Crippen LogP) is 3.30. The lowest BCUT2D eigenvalue weighted by Gasteiger charge is -2.33. The summed E-state index contributed by atoms with van der Waals surface area (Å²) in [4.78, 5) is 33.7. The summed E-state index contributed by atoms with van der Waals surface area (Å²) < 4.78 is 68.3. The maximum Gasteiger partial charge on any atom is 0.416 e. The van der Waals surface area contributed by atoms with E-state index in [1.807, 2.05) is 0 Å². The number of carbonyl (C=O) groups excluding carboxylic acids is 1. The lowest BCUT2D eigenvalue weighted by atomic mass is 9.81. The number of nitrogens with zero attached hydrogens (tertiary/aromatic N) is 7. The molecular formula is C24H20ClF5N8O3. The van der Waals surface area contributed by atoms with Gasteiger partial charge in [-0.3, -0.25) is 9.36 Å². The van der Waals surface area contributed by atoms with Crippen molar-refractivity contribution in [2.24, 2.45) is 5.92 Å². The normalized spacial score (nSPS) is 15.9. The molecule has 5 rings (SSSR count). The summed E-state index contributed by atoms with van der Waals surface area (Å²) in [5, 5.41) is 20.9. The highest BCUT2D eigenvalue weighted by molar-refractivity contribution is 6.30. The molecule has 3 heterocycles. The maximum atomic E-state index is 13.2. The van der Waals surface area contributed by atoms with Crippen molar-refractivity contribution < 1.29 is 31.9 Å². The van der Waals surface area contributed by atoms with Gasteiger partial charge in [0.1, 0.15) is 12.9 Å². The highest BCUT2D eigenvalue weighted by Crippen LogP contribution is 2.42. The minimum absolute atomic E-state index is 0.0114. The second-order valence-corrected chi connectivity index (χ2v) is 9.81. The fraction of sp³-hybridized carbons (Fsp3) is 0.333. The molecule has 216 valence electrons. The Morgan fingerprint density at radius 2 is 1.85 bits per heavy atom. The van der Waals surface area contributed by atoms with Gasteiger partial charge in [0.05, 0.1) is 12.2 Å². The molecule has 11 nitrogen and oxygen atoms in total. The largest absolute Gasteiger partial charge is 0.416 e. The number of amides is 1. The van der Waals surface area contributed by atoms with E-state index in [4.69, 9.17) is 11.6 Å². The van der Waals surface area contributed by atoms with E-state index in [9.17, 15) is 36.6 Å². The van der Waals surface area contributed by atoms with Crippen LogP contribution in [0.5, 0.6) is 0 Å². The molecule has 4 aromatic rings. The van der Waals surface area contributed by atoms with Gasteiger partial charge < -0.3 is 10.4 Å². The van der Waals surface area contributed by atoms with Crippen LogP contribution >= 0.6 is 11.6 Å². The molecule has 0 saturated heterocycles. The Morgan fingerprint density at radius 3 is 2.51 bits per heavy atom. The van der Waals surface area contributed by atoms with Gasteiger partial charge in [0.2, 0.25) is 11.8 Å². The smallest absolute Gasteiger partial charge is 0.382 e. The molecule has 0 spiro atoms. The van der Waals surface area contributed by atoms with Crippen LogP contribution in [0.25, 0.3) is 17.2 Å². The predicted molar refractivity (Wildman–Crippen MR) is 134 cm³/mol. The van der Waals surface area contributed by atoms with Crippen molar-refractivity contribution in [1.29, 1.82) is 0 Å². The second-order valence-electron chi connectivity index (χ2n) is 9.37. The van der Waals surface area contributed by atoms with Crippen LogP contribution in [-0.2, 0) is 17.9 Å². The van der Waals surface area contributed by atoms with E-state index in [0.29, 0.717) is 9.59 Å². The Balaban J connectivity index is 1.41. The topological polar surface area (TPSA) is 133 Å². The van der Waals surface area contributed by atoms with Gasteiger partial charge in [-0.05, 0) is 36.4 Å². The molecule has 17 heteroatoms. The molecular weight excluding hydrogens is 579 g/mol. The number of nitrogens with one attached hydrogen (secondary N) is 1. The zero-order chi connectivity index (χ0) is 29.5. The van der Waals surface area contributed by atoms with Crippen molar-refractivity contribution in [3.05, 3.63) is 70.3 Å². The summed E-state index contributed by atoms with van der Waals surface area (Å²) in [7, 11) is 0. The molecule has 2 N–H and O–H groups in total. The van der Waals surface area contributed by atoms with Crippen LogP contribution in [-0.4, -0.2) is 63.3 Å². The van der Waals surface area contributed by atoms with Crippen molar-refractivity contribution in [2.45, 2.75) is 44.1 Å². The Kier molecular flexibility index (Phi) is 7.37. The first-order valence-corrected chi connectivity index (χ1v) is 12.4. The maximum absolute atomic E-state index is 13.2. The van der Waals surface area contributed by atoms with Crippen LogP contribution in [0, 0.1) is 5.92 Å². The minimum atomic E-state index is -4.98. The first-order valence-electron chi connectivity index (χ1n) is 12.0. The van der Waals surface area contributed by atoms with Crippen LogP contribution in [0.4, 0.5) is 27.6 Å². The number of aromatic nitrogens is 7. The van der Waals surface area contributed by atoms with E-state index in [2.05, 4.69) is 25.5 Å². The third kappa shape index (κ3) is 6.12. The summed E-state index contributed by atoms with van der Waals surface area (Å²) in [5.41, 5.74) is -0.509. The minimum Gasteiger partial charge on any atom is -0.382 e. The van der Waals surface area contributed by atoms with Crippen molar-refractivity contribution >= 4 is 23.2 Å². The number of benzene rings is 1. The Hall–Kier alpha value is -4.18. The number of pyridine rings is 1. The van der Waals surface area contributed by atoms with E-state index in [1.165, 1.54) is 53.6 Å². The number of aliphatic hydroxyl groups excluding tert-OH is 1. The molecule has 1 aliphatic carbocycles. The van der Waals surface area contributed by atoms with Gasteiger partial charge in [-0.2, -0.15) is 13.2 Å². The van der Waals surface area contributed by atoms with Crippen molar-refractivity contribution in [2.75, 3.05) is 5.32 Å². The van der Waals surface area contributed by atoms with Crippen LogP contribution in [0.15, 0.2) is 53.7 Å². The number of rotatable bonds is 8. The third-order valence-electron chi connectivity index (χ3n) is 6.31. The van der Waals surface area contributed by atoms with Crippen molar-refractivity contribution in [3.8, 4) is 17.2 Å². The van der Waals surface area contributed by atoms with Gasteiger partial charge in [0, 0.05) is 35.5 Å². The van der Waals surface area contributed by atoms with E-state index >= 15 is 0 Å².